The Morgan fingerprint density at radius 1 is 1.53 bits per heavy atom. The number of nitrogens with one attached hydrogen (secondary N) is 1. The normalized spacial score (nSPS) is 15.9. The highest BCUT2D eigenvalue weighted by molar-refractivity contribution is 9.10. The molecule has 1 saturated carbocycles. The third-order valence-electron chi connectivity index (χ3n) is 3.55. The SMILES string of the molecule is COc1ccc(CCNC(=O)C2(CO)CC2)cc1Br. The zero-order chi connectivity index (χ0) is 13.9. The summed E-state index contributed by atoms with van der Waals surface area (Å²) in [5.41, 5.74) is 0.641. The molecule has 1 amide bonds. The van der Waals surface area contributed by atoms with Crippen LogP contribution in [0.4, 0.5) is 0 Å². The molecule has 0 bridgehead atoms. The highest BCUT2D eigenvalue weighted by atomic mass is 79.9. The van der Waals surface area contributed by atoms with Crippen LogP contribution in [0.1, 0.15) is 18.4 Å². The minimum Gasteiger partial charge on any atom is -0.496 e. The molecule has 104 valence electrons. The van der Waals surface area contributed by atoms with Gasteiger partial charge < -0.3 is 15.2 Å². The summed E-state index contributed by atoms with van der Waals surface area (Å²) >= 11 is 3.44. The van der Waals surface area contributed by atoms with Crippen molar-refractivity contribution in [2.45, 2.75) is 19.3 Å². The molecule has 1 fully saturated rings. The van der Waals surface area contributed by atoms with E-state index in [4.69, 9.17) is 9.84 Å². The molecule has 1 aliphatic carbocycles. The molecule has 4 nitrogen and oxygen atoms in total. The molecule has 0 saturated heterocycles. The first-order valence-electron chi connectivity index (χ1n) is 6.33. The second-order valence-electron chi connectivity index (χ2n) is 4.91. The molecule has 1 aliphatic rings. The number of hydrogen-bond donors (Lipinski definition) is 2. The monoisotopic (exact) mass is 327 g/mol. The topological polar surface area (TPSA) is 58.6 Å². The molecule has 19 heavy (non-hydrogen) atoms. The molecular formula is C14H18BrNO3. The molecule has 0 aromatic heterocycles. The Labute approximate surface area is 121 Å². The maximum atomic E-state index is 11.8. The van der Waals surface area contributed by atoms with Crippen molar-refractivity contribution >= 4 is 21.8 Å². The Bertz CT molecular complexity index is 472. The van der Waals surface area contributed by atoms with Gasteiger partial charge in [0.1, 0.15) is 5.75 Å². The molecule has 0 unspecified atom stereocenters. The van der Waals surface area contributed by atoms with Crippen LogP contribution in [0.3, 0.4) is 0 Å². The number of ether oxygens (including phenoxy) is 1. The first-order chi connectivity index (χ1) is 9.11. The first kappa shape index (κ1) is 14.3. The van der Waals surface area contributed by atoms with Gasteiger partial charge in [0.2, 0.25) is 5.91 Å². The van der Waals surface area contributed by atoms with Gasteiger partial charge in [-0.05, 0) is 52.9 Å². The fourth-order valence-corrected chi connectivity index (χ4v) is 2.57. The third kappa shape index (κ3) is 3.28. The van der Waals surface area contributed by atoms with Gasteiger partial charge in [0.05, 0.1) is 23.6 Å². The van der Waals surface area contributed by atoms with E-state index >= 15 is 0 Å². The van der Waals surface area contributed by atoms with E-state index in [9.17, 15) is 4.79 Å². The largest absolute Gasteiger partial charge is 0.496 e. The Hall–Kier alpha value is -1.07. The lowest BCUT2D eigenvalue weighted by molar-refractivity contribution is -0.127. The van der Waals surface area contributed by atoms with E-state index in [0.717, 1.165) is 35.0 Å². The van der Waals surface area contributed by atoms with Crippen molar-refractivity contribution in [1.82, 2.24) is 5.32 Å². The van der Waals surface area contributed by atoms with Crippen LogP contribution >= 0.6 is 15.9 Å². The summed E-state index contributed by atoms with van der Waals surface area (Å²) in [5.74, 6) is 0.771. The van der Waals surface area contributed by atoms with Gasteiger partial charge in [-0.1, -0.05) is 6.07 Å². The third-order valence-corrected chi connectivity index (χ3v) is 4.17. The molecule has 5 heteroatoms. The van der Waals surface area contributed by atoms with E-state index in [1.54, 1.807) is 7.11 Å². The molecule has 0 atom stereocenters. The van der Waals surface area contributed by atoms with Crippen molar-refractivity contribution in [3.8, 4) is 5.75 Å². The molecule has 1 aromatic carbocycles. The zero-order valence-electron chi connectivity index (χ0n) is 10.9. The van der Waals surface area contributed by atoms with Crippen LogP contribution in [0.5, 0.6) is 5.75 Å². The molecule has 0 heterocycles. The number of amides is 1. The second-order valence-corrected chi connectivity index (χ2v) is 5.77. The van der Waals surface area contributed by atoms with E-state index in [-0.39, 0.29) is 12.5 Å². The zero-order valence-corrected chi connectivity index (χ0v) is 12.5. The highest BCUT2D eigenvalue weighted by Crippen LogP contribution is 2.45. The van der Waals surface area contributed by atoms with Gasteiger partial charge >= 0.3 is 0 Å². The average Bonchev–Trinajstić information content (AvgIpc) is 3.20. The number of carbonyl (C=O) groups excluding carboxylic acids is 1. The van der Waals surface area contributed by atoms with E-state index in [1.165, 1.54) is 0 Å². The van der Waals surface area contributed by atoms with Gasteiger partial charge in [0.15, 0.2) is 0 Å². The number of methoxy groups -OCH3 is 1. The molecule has 1 aromatic rings. The molecular weight excluding hydrogens is 310 g/mol. The van der Waals surface area contributed by atoms with Crippen LogP contribution < -0.4 is 10.1 Å². The van der Waals surface area contributed by atoms with E-state index in [0.29, 0.717) is 6.54 Å². The Kier molecular flexibility index (Phi) is 4.47. The van der Waals surface area contributed by atoms with Gasteiger partial charge in [0, 0.05) is 6.54 Å². The number of benzene rings is 1. The van der Waals surface area contributed by atoms with Crippen molar-refractivity contribution < 1.29 is 14.6 Å². The van der Waals surface area contributed by atoms with Gasteiger partial charge in [0.25, 0.3) is 0 Å². The quantitative estimate of drug-likeness (QED) is 0.838. The van der Waals surface area contributed by atoms with Crippen LogP contribution in [0, 0.1) is 5.41 Å². The van der Waals surface area contributed by atoms with Gasteiger partial charge in [-0.2, -0.15) is 0 Å². The first-order valence-corrected chi connectivity index (χ1v) is 7.12. The fraction of sp³-hybridized carbons (Fsp3) is 0.500. The molecule has 0 radical (unpaired) electrons. The summed E-state index contributed by atoms with van der Waals surface area (Å²) in [6.45, 7) is 0.534. The predicted molar refractivity (Wildman–Crippen MR) is 76.2 cm³/mol. The average molecular weight is 328 g/mol. The summed E-state index contributed by atoms with van der Waals surface area (Å²) in [4.78, 5) is 11.8. The standard InChI is InChI=1S/C14H18BrNO3/c1-19-12-3-2-10(8-11(12)15)4-7-16-13(18)14(9-17)5-6-14/h2-3,8,17H,4-7,9H2,1H3,(H,16,18). The number of aliphatic hydroxyl groups is 1. The lowest BCUT2D eigenvalue weighted by Gasteiger charge is -2.12. The smallest absolute Gasteiger partial charge is 0.228 e. The maximum absolute atomic E-state index is 11.8. The van der Waals surface area contributed by atoms with Gasteiger partial charge in [-0.25, -0.2) is 0 Å². The summed E-state index contributed by atoms with van der Waals surface area (Å²) in [6, 6.07) is 5.87. The number of hydrogen-bond acceptors (Lipinski definition) is 3. The van der Waals surface area contributed by atoms with E-state index in [2.05, 4.69) is 21.2 Å². The van der Waals surface area contributed by atoms with Gasteiger partial charge in [-0.3, -0.25) is 4.79 Å². The summed E-state index contributed by atoms with van der Waals surface area (Å²) in [6.07, 6.45) is 2.35. The number of rotatable bonds is 6. The predicted octanol–water partition coefficient (Wildman–Crippen LogP) is 1.89. The maximum Gasteiger partial charge on any atom is 0.228 e. The number of carbonyl (C=O) groups is 1. The number of halogens is 1. The summed E-state index contributed by atoms with van der Waals surface area (Å²) in [7, 11) is 1.63. The van der Waals surface area contributed by atoms with Crippen molar-refractivity contribution in [3.05, 3.63) is 28.2 Å². The van der Waals surface area contributed by atoms with Crippen molar-refractivity contribution in [3.63, 3.8) is 0 Å². The van der Waals surface area contributed by atoms with E-state index < -0.39 is 5.41 Å². The molecule has 2 N–H and O–H groups in total. The number of aliphatic hydroxyl groups excluding tert-OH is 1. The minimum absolute atomic E-state index is 0.0254. The van der Waals surface area contributed by atoms with Crippen molar-refractivity contribution in [2.75, 3.05) is 20.3 Å². The summed E-state index contributed by atoms with van der Waals surface area (Å²) < 4.78 is 6.08. The van der Waals surface area contributed by atoms with Crippen molar-refractivity contribution in [2.24, 2.45) is 5.41 Å². The van der Waals surface area contributed by atoms with Crippen LogP contribution in [-0.2, 0) is 11.2 Å². The van der Waals surface area contributed by atoms with Crippen LogP contribution in [0.2, 0.25) is 0 Å². The molecule has 2 rings (SSSR count). The Morgan fingerprint density at radius 3 is 2.79 bits per heavy atom. The minimum atomic E-state index is -0.486. The van der Waals surface area contributed by atoms with Crippen LogP contribution in [0.15, 0.2) is 22.7 Å². The molecule has 0 aliphatic heterocycles. The fourth-order valence-electron chi connectivity index (χ4n) is 1.98. The Balaban J connectivity index is 1.83. The van der Waals surface area contributed by atoms with Crippen molar-refractivity contribution in [1.29, 1.82) is 0 Å². The van der Waals surface area contributed by atoms with Crippen LogP contribution in [0.25, 0.3) is 0 Å². The second kappa shape index (κ2) is 5.92. The lowest BCUT2D eigenvalue weighted by Crippen LogP contribution is -2.35. The van der Waals surface area contributed by atoms with E-state index in [1.807, 2.05) is 18.2 Å². The molecule has 0 spiro atoms. The van der Waals surface area contributed by atoms with Gasteiger partial charge in [-0.15, -0.1) is 0 Å². The summed E-state index contributed by atoms with van der Waals surface area (Å²) in [5, 5.41) is 12.0. The Morgan fingerprint density at radius 2 is 2.26 bits per heavy atom. The lowest BCUT2D eigenvalue weighted by atomic mass is 10.1. The highest BCUT2D eigenvalue weighted by Gasteiger charge is 2.49. The van der Waals surface area contributed by atoms with Crippen LogP contribution in [-0.4, -0.2) is 31.3 Å².